The first-order chi connectivity index (χ1) is 23.3. The van der Waals surface area contributed by atoms with Crippen LogP contribution in [0.5, 0.6) is 0 Å². The first-order valence-corrected chi connectivity index (χ1v) is 18.3. The lowest BCUT2D eigenvalue weighted by Crippen LogP contribution is -2.33. The molecular formula is C33H31N5O8S3. The number of aromatic nitrogens is 1. The molecule has 3 amide bonds. The summed E-state index contributed by atoms with van der Waals surface area (Å²) in [5.41, 5.74) is 2.52. The van der Waals surface area contributed by atoms with Crippen molar-refractivity contribution in [3.8, 4) is 0 Å². The zero-order chi connectivity index (χ0) is 35.2. The van der Waals surface area contributed by atoms with E-state index in [9.17, 15) is 32.4 Å². The number of primary sulfonamides is 1. The maximum atomic E-state index is 14.2. The highest BCUT2D eigenvalue weighted by molar-refractivity contribution is 8.00. The summed E-state index contributed by atoms with van der Waals surface area (Å²) in [7, 11) is -0.123. The van der Waals surface area contributed by atoms with Crippen LogP contribution < -0.4 is 25.1 Å². The molecule has 2 aliphatic heterocycles. The van der Waals surface area contributed by atoms with E-state index in [1.165, 1.54) is 53.1 Å². The quantitative estimate of drug-likeness (QED) is 0.193. The molecule has 4 aromatic rings. The molecule has 13 nitrogen and oxygen atoms in total. The number of anilines is 3. The summed E-state index contributed by atoms with van der Waals surface area (Å²) in [6, 6.07) is 18.9. The third-order valence-corrected chi connectivity index (χ3v) is 11.8. The Morgan fingerprint density at radius 3 is 2.18 bits per heavy atom. The number of rotatable bonds is 9. The van der Waals surface area contributed by atoms with Crippen LogP contribution in [0.3, 0.4) is 0 Å². The number of thiazole rings is 1. The molecule has 2 aliphatic rings. The van der Waals surface area contributed by atoms with E-state index < -0.39 is 55.7 Å². The number of carbonyl (C=O) groups excluding carboxylic acids is 4. The number of fused-ring (bicyclic) bond motifs is 2. The minimum Gasteiger partial charge on any atom is -0.462 e. The number of nitrogens with zero attached hydrogens (tertiary/aromatic N) is 3. The topological polar surface area (TPSA) is 178 Å². The van der Waals surface area contributed by atoms with Gasteiger partial charge in [-0.1, -0.05) is 35.2 Å². The first kappa shape index (κ1) is 34.1. The zero-order valence-electron chi connectivity index (χ0n) is 26.5. The number of thioether (sulfide) groups is 1. The van der Waals surface area contributed by atoms with Crippen molar-refractivity contribution in [3.05, 3.63) is 98.5 Å². The molecule has 3 aromatic carbocycles. The second-order valence-corrected chi connectivity index (χ2v) is 15.2. The monoisotopic (exact) mass is 721 g/mol. The standard InChI is InChI=1S/C33H31N5O8S3/c1-4-46-32(42)19-7-13-22(14-8-19)38-29(40)26-25(18-5-11-21(12-6-18)36(2)3)28-31(47-27(26)30(38)41)37(33(43)48-28)17-24(39)35-20-9-15-23(16-10-20)49(34,44)45/h5-16,25-27H,4,17H2,1-3H3,(H,35,39)(H2,34,44,45)/t25-,26?,27?/m1/s1. The van der Waals surface area contributed by atoms with E-state index in [2.05, 4.69) is 5.32 Å². The molecule has 3 heterocycles. The highest BCUT2D eigenvalue weighted by Gasteiger charge is 2.56. The smallest absolute Gasteiger partial charge is 0.338 e. The molecule has 0 bridgehead atoms. The fourth-order valence-electron chi connectivity index (χ4n) is 5.88. The van der Waals surface area contributed by atoms with Gasteiger partial charge in [0, 0.05) is 36.3 Å². The van der Waals surface area contributed by atoms with Crippen LogP contribution in [-0.2, 0) is 35.7 Å². The molecule has 0 aliphatic carbocycles. The van der Waals surface area contributed by atoms with Crippen LogP contribution in [0.4, 0.5) is 17.1 Å². The van der Waals surface area contributed by atoms with Crippen LogP contribution >= 0.6 is 23.1 Å². The summed E-state index contributed by atoms with van der Waals surface area (Å²) in [4.78, 5) is 70.1. The summed E-state index contributed by atoms with van der Waals surface area (Å²) in [5.74, 6) is -3.51. The molecule has 0 radical (unpaired) electrons. The van der Waals surface area contributed by atoms with Gasteiger partial charge in [-0.05, 0) is 73.2 Å². The Balaban J connectivity index is 1.35. The van der Waals surface area contributed by atoms with Crippen LogP contribution in [-0.4, -0.2) is 62.6 Å². The number of nitrogens with two attached hydrogens (primary N) is 1. The first-order valence-electron chi connectivity index (χ1n) is 15.0. The molecule has 49 heavy (non-hydrogen) atoms. The minimum absolute atomic E-state index is 0.121. The van der Waals surface area contributed by atoms with Gasteiger partial charge >= 0.3 is 10.8 Å². The van der Waals surface area contributed by atoms with Crippen molar-refractivity contribution in [1.29, 1.82) is 0 Å². The van der Waals surface area contributed by atoms with Crippen molar-refractivity contribution in [2.75, 3.05) is 35.8 Å². The van der Waals surface area contributed by atoms with E-state index >= 15 is 0 Å². The third-order valence-electron chi connectivity index (χ3n) is 8.22. The highest BCUT2D eigenvalue weighted by atomic mass is 32.2. The molecule has 1 aromatic heterocycles. The Hall–Kier alpha value is -4.77. The number of carbonyl (C=O) groups is 4. The lowest BCUT2D eigenvalue weighted by molar-refractivity contribution is -0.122. The van der Waals surface area contributed by atoms with Crippen LogP contribution in [0.1, 0.15) is 33.6 Å². The SMILES string of the molecule is CCOC(=O)c1ccc(N2C(=O)C3Sc4c(sc(=O)n4CC(=O)Nc4ccc(S(N)(=O)=O)cc4)[C@H](c4ccc(N(C)C)cc4)C3C2=O)cc1. The maximum absolute atomic E-state index is 14.2. The Labute approximate surface area is 289 Å². The van der Waals surface area contributed by atoms with Gasteiger partial charge in [0.2, 0.25) is 27.7 Å². The van der Waals surface area contributed by atoms with Crippen molar-refractivity contribution in [2.24, 2.45) is 11.1 Å². The van der Waals surface area contributed by atoms with Gasteiger partial charge in [0.1, 0.15) is 11.8 Å². The number of hydrogen-bond donors (Lipinski definition) is 2. The molecule has 3 atom stereocenters. The summed E-state index contributed by atoms with van der Waals surface area (Å²) in [5, 5.41) is 7.32. The predicted molar refractivity (Wildman–Crippen MR) is 186 cm³/mol. The van der Waals surface area contributed by atoms with Crippen molar-refractivity contribution in [1.82, 2.24) is 4.57 Å². The summed E-state index contributed by atoms with van der Waals surface area (Å²) in [6.07, 6.45) is 0. The Morgan fingerprint density at radius 2 is 1.59 bits per heavy atom. The van der Waals surface area contributed by atoms with Crippen LogP contribution in [0.15, 0.2) is 87.5 Å². The van der Waals surface area contributed by atoms with Gasteiger partial charge in [0.05, 0.1) is 33.7 Å². The van der Waals surface area contributed by atoms with Crippen molar-refractivity contribution in [3.63, 3.8) is 0 Å². The van der Waals surface area contributed by atoms with Crippen molar-refractivity contribution in [2.45, 2.75) is 34.6 Å². The van der Waals surface area contributed by atoms with Gasteiger partial charge in [-0.2, -0.15) is 0 Å². The van der Waals surface area contributed by atoms with Crippen molar-refractivity contribution < 1.29 is 32.3 Å². The number of sulfonamides is 1. The average Bonchev–Trinajstić information content (AvgIpc) is 3.50. The summed E-state index contributed by atoms with van der Waals surface area (Å²) < 4.78 is 29.5. The average molecular weight is 722 g/mol. The van der Waals surface area contributed by atoms with Gasteiger partial charge in [0.15, 0.2) is 0 Å². The van der Waals surface area contributed by atoms with E-state index in [1.54, 1.807) is 6.92 Å². The van der Waals surface area contributed by atoms with E-state index in [-0.39, 0.29) is 23.6 Å². The van der Waals surface area contributed by atoms with Gasteiger partial charge in [-0.3, -0.25) is 23.7 Å². The number of hydrogen-bond acceptors (Lipinski definition) is 11. The van der Waals surface area contributed by atoms with Gasteiger partial charge in [-0.25, -0.2) is 23.3 Å². The molecule has 0 saturated carbocycles. The van der Waals surface area contributed by atoms with Gasteiger partial charge < -0.3 is 15.0 Å². The number of ether oxygens (including phenoxy) is 1. The maximum Gasteiger partial charge on any atom is 0.338 e. The molecule has 2 unspecified atom stereocenters. The number of benzene rings is 3. The molecule has 3 N–H and O–H groups in total. The summed E-state index contributed by atoms with van der Waals surface area (Å²) in [6.45, 7) is 1.51. The largest absolute Gasteiger partial charge is 0.462 e. The Morgan fingerprint density at radius 1 is 0.939 bits per heavy atom. The lowest BCUT2D eigenvalue weighted by atomic mass is 9.83. The second kappa shape index (κ2) is 13.3. The number of imide groups is 1. The van der Waals surface area contributed by atoms with Gasteiger partial charge in [-0.15, -0.1) is 0 Å². The normalized spacial score (nSPS) is 18.5. The predicted octanol–water partition coefficient (Wildman–Crippen LogP) is 3.23. The molecule has 254 valence electrons. The Bertz CT molecular complexity index is 2130. The lowest BCUT2D eigenvalue weighted by Gasteiger charge is -2.31. The molecular weight excluding hydrogens is 691 g/mol. The number of nitrogens with one attached hydrogen (secondary N) is 1. The number of amides is 3. The molecule has 6 rings (SSSR count). The Kier molecular flexibility index (Phi) is 9.23. The molecule has 1 saturated heterocycles. The van der Waals surface area contributed by atoms with E-state index in [1.807, 2.05) is 43.3 Å². The zero-order valence-corrected chi connectivity index (χ0v) is 28.9. The van der Waals surface area contributed by atoms with E-state index in [0.717, 1.165) is 39.2 Å². The third kappa shape index (κ3) is 6.51. The van der Waals surface area contributed by atoms with Crippen molar-refractivity contribution >= 4 is 73.9 Å². The van der Waals surface area contributed by atoms with Crippen LogP contribution in [0, 0.1) is 5.92 Å². The minimum atomic E-state index is -3.92. The summed E-state index contributed by atoms with van der Waals surface area (Å²) >= 11 is 2.00. The van der Waals surface area contributed by atoms with Gasteiger partial charge in [0.25, 0.3) is 0 Å². The highest BCUT2D eigenvalue weighted by Crippen LogP contribution is 2.54. The van der Waals surface area contributed by atoms with E-state index in [0.29, 0.717) is 21.3 Å². The molecule has 1 fully saturated rings. The molecule has 0 spiro atoms. The fraction of sp³-hybridized carbons (Fsp3) is 0.242. The molecule has 16 heteroatoms. The van der Waals surface area contributed by atoms with E-state index in [4.69, 9.17) is 9.88 Å². The van der Waals surface area contributed by atoms with Crippen LogP contribution in [0.2, 0.25) is 0 Å². The number of esters is 1. The second-order valence-electron chi connectivity index (χ2n) is 11.5. The fourth-order valence-corrected chi connectivity index (χ4v) is 9.17. The van der Waals surface area contributed by atoms with Crippen LogP contribution in [0.25, 0.3) is 0 Å².